The standard InChI is InChI=1S/C12H14N2S/c1-9(2)8-11-13-14-12(15-11)10-6-4-3-5-7-10/h3-7,9H,8H2,1-2H3. The summed E-state index contributed by atoms with van der Waals surface area (Å²) < 4.78 is 0. The lowest BCUT2D eigenvalue weighted by Gasteiger charge is -1.97. The first kappa shape index (κ1) is 10.3. The Bertz CT molecular complexity index is 420. The van der Waals surface area contributed by atoms with Gasteiger partial charge in [-0.15, -0.1) is 10.2 Å². The van der Waals surface area contributed by atoms with Gasteiger partial charge < -0.3 is 0 Å². The van der Waals surface area contributed by atoms with Crippen LogP contribution in [0.3, 0.4) is 0 Å². The third-order valence-electron chi connectivity index (χ3n) is 2.07. The van der Waals surface area contributed by atoms with Crippen molar-refractivity contribution >= 4 is 11.3 Å². The van der Waals surface area contributed by atoms with Crippen LogP contribution in [-0.2, 0) is 6.42 Å². The summed E-state index contributed by atoms with van der Waals surface area (Å²) in [5, 5.41) is 10.6. The molecule has 1 aromatic heterocycles. The van der Waals surface area contributed by atoms with E-state index in [0.717, 1.165) is 22.0 Å². The summed E-state index contributed by atoms with van der Waals surface area (Å²) in [6, 6.07) is 10.2. The minimum Gasteiger partial charge on any atom is -0.143 e. The molecule has 0 aliphatic carbocycles. The van der Waals surface area contributed by atoms with Crippen LogP contribution in [0, 0.1) is 5.92 Å². The maximum absolute atomic E-state index is 4.21. The van der Waals surface area contributed by atoms with Crippen LogP contribution in [0.1, 0.15) is 18.9 Å². The van der Waals surface area contributed by atoms with Crippen molar-refractivity contribution in [2.24, 2.45) is 5.92 Å². The second kappa shape index (κ2) is 4.53. The fourth-order valence-corrected chi connectivity index (χ4v) is 2.44. The monoisotopic (exact) mass is 218 g/mol. The van der Waals surface area contributed by atoms with Crippen LogP contribution in [0.2, 0.25) is 0 Å². The molecule has 0 saturated heterocycles. The van der Waals surface area contributed by atoms with Crippen LogP contribution in [0.25, 0.3) is 10.6 Å². The smallest absolute Gasteiger partial charge is 0.143 e. The van der Waals surface area contributed by atoms with Gasteiger partial charge in [-0.3, -0.25) is 0 Å². The SMILES string of the molecule is CC(C)Cc1nnc(-c2ccccc2)s1. The van der Waals surface area contributed by atoms with Gasteiger partial charge in [0.1, 0.15) is 10.0 Å². The number of aromatic nitrogens is 2. The highest BCUT2D eigenvalue weighted by Gasteiger charge is 2.07. The fourth-order valence-electron chi connectivity index (χ4n) is 1.38. The van der Waals surface area contributed by atoms with Gasteiger partial charge in [-0.1, -0.05) is 55.5 Å². The van der Waals surface area contributed by atoms with Gasteiger partial charge in [-0.2, -0.15) is 0 Å². The molecule has 0 unspecified atom stereocenters. The van der Waals surface area contributed by atoms with E-state index in [0.29, 0.717) is 5.92 Å². The molecule has 0 aliphatic rings. The number of benzene rings is 1. The Balaban J connectivity index is 2.21. The van der Waals surface area contributed by atoms with Crippen molar-refractivity contribution in [1.29, 1.82) is 0 Å². The van der Waals surface area contributed by atoms with Crippen molar-refractivity contribution in [2.75, 3.05) is 0 Å². The molecule has 0 saturated carbocycles. The third-order valence-corrected chi connectivity index (χ3v) is 3.07. The van der Waals surface area contributed by atoms with E-state index in [1.165, 1.54) is 0 Å². The molecule has 15 heavy (non-hydrogen) atoms. The predicted molar refractivity (Wildman–Crippen MR) is 63.9 cm³/mol. The average Bonchev–Trinajstić information content (AvgIpc) is 2.67. The molecule has 1 aromatic carbocycles. The zero-order valence-electron chi connectivity index (χ0n) is 8.97. The van der Waals surface area contributed by atoms with E-state index in [2.05, 4.69) is 36.2 Å². The molecular formula is C12H14N2S. The quantitative estimate of drug-likeness (QED) is 0.789. The Morgan fingerprint density at radius 1 is 1.13 bits per heavy atom. The van der Waals surface area contributed by atoms with Crippen molar-refractivity contribution in [3.63, 3.8) is 0 Å². The number of hydrogen-bond donors (Lipinski definition) is 0. The summed E-state index contributed by atoms with van der Waals surface area (Å²) >= 11 is 1.69. The van der Waals surface area contributed by atoms with Gasteiger partial charge in [0.25, 0.3) is 0 Å². The molecule has 0 bridgehead atoms. The predicted octanol–water partition coefficient (Wildman–Crippen LogP) is 3.40. The van der Waals surface area contributed by atoms with Gasteiger partial charge in [-0.05, 0) is 5.92 Å². The van der Waals surface area contributed by atoms with E-state index >= 15 is 0 Å². The first-order chi connectivity index (χ1) is 7.25. The van der Waals surface area contributed by atoms with Gasteiger partial charge in [0.05, 0.1) is 0 Å². The van der Waals surface area contributed by atoms with Gasteiger partial charge in [-0.25, -0.2) is 0 Å². The summed E-state index contributed by atoms with van der Waals surface area (Å²) in [4.78, 5) is 0. The number of hydrogen-bond acceptors (Lipinski definition) is 3. The lowest BCUT2D eigenvalue weighted by molar-refractivity contribution is 0.640. The van der Waals surface area contributed by atoms with Crippen molar-refractivity contribution in [3.05, 3.63) is 35.3 Å². The minimum atomic E-state index is 0.640. The molecule has 1 heterocycles. The molecular weight excluding hydrogens is 204 g/mol. The summed E-state index contributed by atoms with van der Waals surface area (Å²) in [6.07, 6.45) is 1.02. The van der Waals surface area contributed by atoms with E-state index in [4.69, 9.17) is 0 Å². The van der Waals surface area contributed by atoms with E-state index in [1.54, 1.807) is 11.3 Å². The van der Waals surface area contributed by atoms with Crippen LogP contribution in [0.4, 0.5) is 0 Å². The van der Waals surface area contributed by atoms with Gasteiger partial charge >= 0.3 is 0 Å². The molecule has 2 rings (SSSR count). The first-order valence-corrected chi connectivity index (χ1v) is 5.95. The van der Waals surface area contributed by atoms with E-state index in [1.807, 2.05) is 18.2 Å². The third kappa shape index (κ3) is 2.63. The van der Waals surface area contributed by atoms with Crippen LogP contribution in [0.15, 0.2) is 30.3 Å². The number of nitrogens with zero attached hydrogens (tertiary/aromatic N) is 2. The second-order valence-electron chi connectivity index (χ2n) is 3.96. The highest BCUT2D eigenvalue weighted by Crippen LogP contribution is 2.24. The zero-order chi connectivity index (χ0) is 10.7. The highest BCUT2D eigenvalue weighted by molar-refractivity contribution is 7.14. The average molecular weight is 218 g/mol. The highest BCUT2D eigenvalue weighted by atomic mass is 32.1. The molecule has 0 fully saturated rings. The molecule has 78 valence electrons. The van der Waals surface area contributed by atoms with Crippen LogP contribution < -0.4 is 0 Å². The molecule has 0 aliphatic heterocycles. The molecule has 0 atom stereocenters. The Labute approximate surface area is 94.0 Å². The lowest BCUT2D eigenvalue weighted by atomic mass is 10.1. The molecule has 0 radical (unpaired) electrons. The molecule has 2 nitrogen and oxygen atoms in total. The zero-order valence-corrected chi connectivity index (χ0v) is 9.79. The fraction of sp³-hybridized carbons (Fsp3) is 0.333. The second-order valence-corrected chi connectivity index (χ2v) is 5.03. The van der Waals surface area contributed by atoms with E-state index < -0.39 is 0 Å². The maximum Gasteiger partial charge on any atom is 0.147 e. The van der Waals surface area contributed by atoms with E-state index in [-0.39, 0.29) is 0 Å². The van der Waals surface area contributed by atoms with Crippen LogP contribution >= 0.6 is 11.3 Å². The molecule has 0 amide bonds. The van der Waals surface area contributed by atoms with Crippen molar-refractivity contribution in [1.82, 2.24) is 10.2 Å². The number of rotatable bonds is 3. The Kier molecular flexibility index (Phi) is 3.11. The van der Waals surface area contributed by atoms with Crippen molar-refractivity contribution < 1.29 is 0 Å². The Morgan fingerprint density at radius 3 is 2.53 bits per heavy atom. The minimum absolute atomic E-state index is 0.640. The molecule has 2 aromatic rings. The molecule has 0 spiro atoms. The van der Waals surface area contributed by atoms with Crippen LogP contribution in [-0.4, -0.2) is 10.2 Å². The molecule has 0 N–H and O–H groups in total. The Morgan fingerprint density at radius 2 is 1.87 bits per heavy atom. The summed E-state index contributed by atoms with van der Waals surface area (Å²) in [5.41, 5.74) is 1.16. The van der Waals surface area contributed by atoms with E-state index in [9.17, 15) is 0 Å². The van der Waals surface area contributed by atoms with Crippen molar-refractivity contribution in [2.45, 2.75) is 20.3 Å². The van der Waals surface area contributed by atoms with Gasteiger partial charge in [0, 0.05) is 12.0 Å². The molecule has 3 heteroatoms. The first-order valence-electron chi connectivity index (χ1n) is 5.13. The summed E-state index contributed by atoms with van der Waals surface area (Å²) in [7, 11) is 0. The Hall–Kier alpha value is -1.22. The normalized spacial score (nSPS) is 10.9. The summed E-state index contributed by atoms with van der Waals surface area (Å²) in [5.74, 6) is 0.640. The lowest BCUT2D eigenvalue weighted by Crippen LogP contribution is -1.92. The van der Waals surface area contributed by atoms with Crippen molar-refractivity contribution in [3.8, 4) is 10.6 Å². The van der Waals surface area contributed by atoms with Crippen LogP contribution in [0.5, 0.6) is 0 Å². The van der Waals surface area contributed by atoms with Gasteiger partial charge in [0.15, 0.2) is 0 Å². The van der Waals surface area contributed by atoms with Gasteiger partial charge in [0.2, 0.25) is 0 Å². The topological polar surface area (TPSA) is 25.8 Å². The maximum atomic E-state index is 4.21. The summed E-state index contributed by atoms with van der Waals surface area (Å²) in [6.45, 7) is 4.40. The largest absolute Gasteiger partial charge is 0.147 e.